The van der Waals surface area contributed by atoms with Crippen LogP contribution in [0.3, 0.4) is 0 Å². The van der Waals surface area contributed by atoms with Gasteiger partial charge in [-0.2, -0.15) is 24.9 Å². The van der Waals surface area contributed by atoms with Crippen LogP contribution in [0, 0.1) is 0 Å². The van der Waals surface area contributed by atoms with Crippen molar-refractivity contribution >= 4 is 34.8 Å². The Labute approximate surface area is 107 Å². The highest BCUT2D eigenvalue weighted by Gasteiger charge is 2.34. The third kappa shape index (κ3) is 3.78. The van der Waals surface area contributed by atoms with Gasteiger partial charge in [-0.1, -0.05) is 12.1 Å². The molecule has 0 atom stereocenters. The van der Waals surface area contributed by atoms with Crippen LogP contribution in [0.5, 0.6) is 0 Å². The van der Waals surface area contributed by atoms with E-state index in [1.54, 1.807) is 6.07 Å². The maximum atomic E-state index is 12.8. The first-order valence-electron chi connectivity index (χ1n) is 4.60. The van der Waals surface area contributed by atoms with Crippen molar-refractivity contribution in [1.82, 2.24) is 0 Å². The van der Waals surface area contributed by atoms with E-state index in [0.29, 0.717) is 11.3 Å². The lowest BCUT2D eigenvalue weighted by Gasteiger charge is -2.17. The quantitative estimate of drug-likeness (QED) is 0.834. The summed E-state index contributed by atoms with van der Waals surface area (Å²) in [4.78, 5) is 0. The SMILES string of the molecule is CSCc1cccc(C(F)(F)F)c1NC(N)=S. The van der Waals surface area contributed by atoms with Gasteiger partial charge in [-0.15, -0.1) is 0 Å². The molecule has 0 saturated heterocycles. The summed E-state index contributed by atoms with van der Waals surface area (Å²) >= 11 is 6.02. The average Bonchev–Trinajstić information content (AvgIpc) is 2.18. The van der Waals surface area contributed by atoms with E-state index in [2.05, 4.69) is 17.5 Å². The number of thiocarbonyl (C=S) groups is 1. The van der Waals surface area contributed by atoms with E-state index in [1.165, 1.54) is 17.8 Å². The van der Waals surface area contributed by atoms with Gasteiger partial charge in [0.1, 0.15) is 0 Å². The van der Waals surface area contributed by atoms with Crippen molar-refractivity contribution < 1.29 is 13.2 Å². The van der Waals surface area contributed by atoms with Crippen molar-refractivity contribution in [3.8, 4) is 0 Å². The number of nitrogens with two attached hydrogens (primary N) is 1. The summed E-state index contributed by atoms with van der Waals surface area (Å²) in [5, 5.41) is 2.23. The standard InChI is InChI=1S/C10H11F3N2S2/c1-17-5-6-3-2-4-7(10(11,12)13)8(6)15-9(14)16/h2-4H,5H2,1H3,(H3,14,15,16). The van der Waals surface area contributed by atoms with Gasteiger partial charge in [0.05, 0.1) is 11.3 Å². The molecule has 0 fully saturated rings. The zero-order valence-electron chi connectivity index (χ0n) is 8.97. The van der Waals surface area contributed by atoms with Crippen LogP contribution in [0.25, 0.3) is 0 Å². The third-order valence-electron chi connectivity index (χ3n) is 2.00. The first-order chi connectivity index (χ1) is 7.86. The summed E-state index contributed by atoms with van der Waals surface area (Å²) in [6.07, 6.45) is -2.62. The second kappa shape index (κ2) is 5.59. The minimum atomic E-state index is -4.43. The Kier molecular flexibility index (Phi) is 4.64. The summed E-state index contributed by atoms with van der Waals surface area (Å²) in [5.74, 6) is 0.453. The van der Waals surface area contributed by atoms with E-state index in [4.69, 9.17) is 5.73 Å². The Balaban J connectivity index is 3.28. The molecule has 0 saturated carbocycles. The molecule has 3 N–H and O–H groups in total. The molecule has 7 heteroatoms. The van der Waals surface area contributed by atoms with Gasteiger partial charge in [0, 0.05) is 5.75 Å². The van der Waals surface area contributed by atoms with E-state index < -0.39 is 11.7 Å². The maximum Gasteiger partial charge on any atom is 0.418 e. The molecule has 0 amide bonds. The van der Waals surface area contributed by atoms with Crippen LogP contribution in [0.1, 0.15) is 11.1 Å². The predicted molar refractivity (Wildman–Crippen MR) is 69.1 cm³/mol. The lowest BCUT2D eigenvalue weighted by atomic mass is 10.1. The van der Waals surface area contributed by atoms with E-state index in [0.717, 1.165) is 6.07 Å². The van der Waals surface area contributed by atoms with Gasteiger partial charge < -0.3 is 11.1 Å². The molecule has 0 aliphatic carbocycles. The highest BCUT2D eigenvalue weighted by atomic mass is 32.2. The lowest BCUT2D eigenvalue weighted by Crippen LogP contribution is -2.22. The van der Waals surface area contributed by atoms with Crippen molar-refractivity contribution in [2.45, 2.75) is 11.9 Å². The highest BCUT2D eigenvalue weighted by Crippen LogP contribution is 2.37. The summed E-state index contributed by atoms with van der Waals surface area (Å²) < 4.78 is 38.4. The van der Waals surface area contributed by atoms with Gasteiger partial charge in [-0.3, -0.25) is 0 Å². The highest BCUT2D eigenvalue weighted by molar-refractivity contribution is 7.97. The Morgan fingerprint density at radius 3 is 2.59 bits per heavy atom. The van der Waals surface area contributed by atoms with Gasteiger partial charge in [-0.05, 0) is 30.1 Å². The molecule has 1 rings (SSSR count). The van der Waals surface area contributed by atoms with Crippen molar-refractivity contribution in [2.75, 3.05) is 11.6 Å². The number of hydrogen-bond donors (Lipinski definition) is 2. The Bertz CT molecular complexity index is 419. The van der Waals surface area contributed by atoms with Crippen LogP contribution in [0.15, 0.2) is 18.2 Å². The summed E-state index contributed by atoms with van der Waals surface area (Å²) in [5.41, 5.74) is 4.97. The van der Waals surface area contributed by atoms with Gasteiger partial charge in [0.2, 0.25) is 0 Å². The number of benzene rings is 1. The van der Waals surface area contributed by atoms with Crippen molar-refractivity contribution in [2.24, 2.45) is 5.73 Å². The smallest absolute Gasteiger partial charge is 0.376 e. The van der Waals surface area contributed by atoms with Crippen LogP contribution in [0.4, 0.5) is 18.9 Å². The molecule has 2 nitrogen and oxygen atoms in total. The molecule has 0 spiro atoms. The topological polar surface area (TPSA) is 38.0 Å². The molecule has 0 aliphatic rings. The second-order valence-electron chi connectivity index (χ2n) is 3.26. The molecule has 0 aliphatic heterocycles. The monoisotopic (exact) mass is 280 g/mol. The number of para-hydroxylation sites is 1. The van der Waals surface area contributed by atoms with Crippen molar-refractivity contribution in [3.63, 3.8) is 0 Å². The second-order valence-corrected chi connectivity index (χ2v) is 4.57. The van der Waals surface area contributed by atoms with Gasteiger partial charge in [0.15, 0.2) is 5.11 Å². The zero-order chi connectivity index (χ0) is 13.1. The van der Waals surface area contributed by atoms with Gasteiger partial charge in [-0.25, -0.2) is 0 Å². The lowest BCUT2D eigenvalue weighted by molar-refractivity contribution is -0.136. The van der Waals surface area contributed by atoms with Crippen LogP contribution in [0.2, 0.25) is 0 Å². The normalized spacial score (nSPS) is 11.3. The van der Waals surface area contributed by atoms with Crippen LogP contribution < -0.4 is 11.1 Å². The minimum absolute atomic E-state index is 0.0538. The number of nitrogens with one attached hydrogen (secondary N) is 1. The Morgan fingerprint density at radius 2 is 2.12 bits per heavy atom. The number of rotatable bonds is 3. The number of hydrogen-bond acceptors (Lipinski definition) is 2. The molecule has 94 valence electrons. The maximum absolute atomic E-state index is 12.8. The molecular weight excluding hydrogens is 269 g/mol. The van der Waals surface area contributed by atoms with Gasteiger partial charge >= 0.3 is 6.18 Å². The molecule has 1 aromatic carbocycles. The first kappa shape index (κ1) is 14.1. The molecule has 0 aromatic heterocycles. The number of halogens is 3. The Hall–Kier alpha value is -0.950. The number of thioether (sulfide) groups is 1. The van der Waals surface area contributed by atoms with Crippen molar-refractivity contribution in [1.29, 1.82) is 0 Å². The fourth-order valence-electron chi connectivity index (χ4n) is 1.38. The Morgan fingerprint density at radius 1 is 1.47 bits per heavy atom. The van der Waals surface area contributed by atoms with Crippen molar-refractivity contribution in [3.05, 3.63) is 29.3 Å². The number of alkyl halides is 3. The summed E-state index contributed by atoms with van der Waals surface area (Å²) in [7, 11) is 0. The predicted octanol–water partition coefficient (Wildman–Crippen LogP) is 3.22. The first-order valence-corrected chi connectivity index (χ1v) is 6.41. The fourth-order valence-corrected chi connectivity index (χ4v) is 2.04. The summed E-state index contributed by atoms with van der Waals surface area (Å²) in [6, 6.07) is 4.00. The summed E-state index contributed by atoms with van der Waals surface area (Å²) in [6.45, 7) is 0. The van der Waals surface area contributed by atoms with Crippen LogP contribution >= 0.6 is 24.0 Å². The zero-order valence-corrected chi connectivity index (χ0v) is 10.6. The molecule has 0 radical (unpaired) electrons. The fraction of sp³-hybridized carbons (Fsp3) is 0.300. The van der Waals surface area contributed by atoms with E-state index in [-0.39, 0.29) is 10.8 Å². The number of anilines is 1. The molecular formula is C10H11F3N2S2. The third-order valence-corrected chi connectivity index (χ3v) is 2.71. The molecule has 0 bridgehead atoms. The van der Waals surface area contributed by atoms with Crippen LogP contribution in [-0.4, -0.2) is 11.4 Å². The molecule has 0 unspecified atom stereocenters. The average molecular weight is 280 g/mol. The van der Waals surface area contributed by atoms with Gasteiger partial charge in [0.25, 0.3) is 0 Å². The molecule has 1 aromatic rings. The van der Waals surface area contributed by atoms with E-state index >= 15 is 0 Å². The minimum Gasteiger partial charge on any atom is -0.376 e. The van der Waals surface area contributed by atoms with E-state index in [9.17, 15) is 13.2 Å². The molecule has 17 heavy (non-hydrogen) atoms. The van der Waals surface area contributed by atoms with Crippen LogP contribution in [-0.2, 0) is 11.9 Å². The van der Waals surface area contributed by atoms with E-state index in [1.807, 2.05) is 6.26 Å². The largest absolute Gasteiger partial charge is 0.418 e. The molecule has 0 heterocycles.